The van der Waals surface area contributed by atoms with E-state index in [0.717, 1.165) is 22.6 Å². The smallest absolute Gasteiger partial charge is 0.316 e. The molecule has 0 radical (unpaired) electrons. The second kappa shape index (κ2) is 5.87. The molecule has 0 aliphatic rings. The van der Waals surface area contributed by atoms with E-state index in [1.54, 1.807) is 0 Å². The van der Waals surface area contributed by atoms with Gasteiger partial charge in [0.2, 0.25) is 0 Å². The molecule has 0 aliphatic carbocycles. The van der Waals surface area contributed by atoms with E-state index in [1.807, 2.05) is 49.8 Å². The van der Waals surface area contributed by atoms with Crippen LogP contribution in [0.2, 0.25) is 0 Å². The van der Waals surface area contributed by atoms with Crippen LogP contribution in [0.15, 0.2) is 24.3 Å². The number of aromatic nitrogens is 2. The third-order valence-corrected chi connectivity index (χ3v) is 3.55. The molecule has 0 fully saturated rings. The van der Waals surface area contributed by atoms with Crippen molar-refractivity contribution in [3.63, 3.8) is 0 Å². The number of benzene rings is 1. The van der Waals surface area contributed by atoms with Gasteiger partial charge in [-0.15, -0.1) is 0 Å². The van der Waals surface area contributed by atoms with Crippen LogP contribution >= 0.6 is 0 Å². The Labute approximate surface area is 124 Å². The normalized spacial score (nSPS) is 12.0. The van der Waals surface area contributed by atoms with Gasteiger partial charge in [0.15, 0.2) is 0 Å². The van der Waals surface area contributed by atoms with E-state index in [2.05, 4.69) is 22.7 Å². The molecular weight excluding hydrogens is 266 g/mol. The third-order valence-electron chi connectivity index (χ3n) is 3.55. The van der Waals surface area contributed by atoms with Crippen LogP contribution in [0, 0.1) is 13.8 Å². The van der Waals surface area contributed by atoms with Crippen LogP contribution in [0.3, 0.4) is 0 Å². The molecule has 112 valence electrons. The van der Waals surface area contributed by atoms with Gasteiger partial charge in [0.05, 0.1) is 17.1 Å². The zero-order valence-corrected chi connectivity index (χ0v) is 12.8. The summed E-state index contributed by atoms with van der Waals surface area (Å²) in [6.45, 7) is 6.11. The summed E-state index contributed by atoms with van der Waals surface area (Å²) < 4.78 is 1.87. The van der Waals surface area contributed by atoms with Crippen molar-refractivity contribution in [1.29, 1.82) is 0 Å². The number of anilines is 2. The molecule has 1 heterocycles. The van der Waals surface area contributed by atoms with Crippen molar-refractivity contribution in [1.82, 2.24) is 9.78 Å². The summed E-state index contributed by atoms with van der Waals surface area (Å²) in [5.74, 6) is 0. The number of nitrogens with one attached hydrogen (secondary N) is 2. The Hall–Kier alpha value is -2.50. The molecule has 6 nitrogen and oxygen atoms in total. The minimum atomic E-state index is -0.560. The molecule has 1 aromatic carbocycles. The van der Waals surface area contributed by atoms with Gasteiger partial charge >= 0.3 is 6.03 Å². The molecule has 0 aliphatic heterocycles. The minimum Gasteiger partial charge on any atom is -0.376 e. The number of carbonyl (C=O) groups excluding carboxylic acids is 1. The van der Waals surface area contributed by atoms with Crippen LogP contribution in [0.1, 0.15) is 29.9 Å². The third kappa shape index (κ3) is 3.34. The molecule has 2 rings (SSSR count). The van der Waals surface area contributed by atoms with E-state index in [0.29, 0.717) is 5.69 Å². The Kier molecular flexibility index (Phi) is 4.16. The monoisotopic (exact) mass is 287 g/mol. The van der Waals surface area contributed by atoms with Gasteiger partial charge in [-0.2, -0.15) is 5.10 Å². The summed E-state index contributed by atoms with van der Waals surface area (Å²) in [5, 5.41) is 10.4. The first kappa shape index (κ1) is 14.9. The molecule has 2 aromatic rings. The Bertz CT molecular complexity index is 645. The maximum absolute atomic E-state index is 10.8. The van der Waals surface area contributed by atoms with Crippen LogP contribution in [0.25, 0.3) is 0 Å². The number of amides is 2. The molecule has 0 spiro atoms. The predicted octanol–water partition coefficient (Wildman–Crippen LogP) is 2.70. The zero-order valence-electron chi connectivity index (χ0n) is 12.8. The van der Waals surface area contributed by atoms with Gasteiger partial charge in [-0.3, -0.25) is 4.68 Å². The van der Waals surface area contributed by atoms with Crippen molar-refractivity contribution < 1.29 is 4.79 Å². The summed E-state index contributed by atoms with van der Waals surface area (Å²) in [5.41, 5.74) is 10.0. The highest BCUT2D eigenvalue weighted by atomic mass is 16.2. The maximum atomic E-state index is 10.8. The lowest BCUT2D eigenvalue weighted by Gasteiger charge is -2.16. The molecule has 0 saturated heterocycles. The highest BCUT2D eigenvalue weighted by molar-refractivity contribution is 5.87. The average molecular weight is 287 g/mol. The number of primary amides is 1. The lowest BCUT2D eigenvalue weighted by Crippen LogP contribution is -2.19. The van der Waals surface area contributed by atoms with Gasteiger partial charge in [0.25, 0.3) is 0 Å². The largest absolute Gasteiger partial charge is 0.376 e. The second-order valence-electron chi connectivity index (χ2n) is 5.15. The van der Waals surface area contributed by atoms with Crippen molar-refractivity contribution in [2.24, 2.45) is 12.8 Å². The molecule has 1 aromatic heterocycles. The van der Waals surface area contributed by atoms with Crippen LogP contribution < -0.4 is 16.4 Å². The SMILES string of the molecule is Cc1nn(C)c(C)c1NC(C)c1ccc(NC(N)=O)cc1. The number of rotatable bonds is 4. The highest BCUT2D eigenvalue weighted by Gasteiger charge is 2.13. The molecule has 1 unspecified atom stereocenters. The first-order valence-corrected chi connectivity index (χ1v) is 6.81. The molecule has 6 heteroatoms. The average Bonchev–Trinajstić information content (AvgIpc) is 2.65. The van der Waals surface area contributed by atoms with Gasteiger partial charge in [-0.25, -0.2) is 4.79 Å². The fraction of sp³-hybridized carbons (Fsp3) is 0.333. The van der Waals surface area contributed by atoms with E-state index in [1.165, 1.54) is 0 Å². The Morgan fingerprint density at radius 1 is 1.29 bits per heavy atom. The summed E-state index contributed by atoms with van der Waals surface area (Å²) >= 11 is 0. The molecule has 4 N–H and O–H groups in total. The minimum absolute atomic E-state index is 0.134. The summed E-state index contributed by atoms with van der Waals surface area (Å²) in [6.07, 6.45) is 0. The number of hydrogen-bond acceptors (Lipinski definition) is 3. The van der Waals surface area contributed by atoms with Gasteiger partial charge in [-0.1, -0.05) is 12.1 Å². The molecule has 0 bridgehead atoms. The van der Waals surface area contributed by atoms with Gasteiger partial charge in [0, 0.05) is 18.8 Å². The first-order chi connectivity index (χ1) is 9.88. The van der Waals surface area contributed by atoms with Crippen LogP contribution in [-0.2, 0) is 7.05 Å². The van der Waals surface area contributed by atoms with Crippen molar-refractivity contribution in [2.75, 3.05) is 10.6 Å². The number of aryl methyl sites for hydroxylation is 2. The molecule has 21 heavy (non-hydrogen) atoms. The topological polar surface area (TPSA) is 85.0 Å². The highest BCUT2D eigenvalue weighted by Crippen LogP contribution is 2.25. The van der Waals surface area contributed by atoms with Gasteiger partial charge in [0.1, 0.15) is 0 Å². The standard InChI is InChI=1S/C15H21N5O/c1-9(17-14-10(2)19-20(4)11(14)3)12-5-7-13(8-6-12)18-15(16)21/h5-9,17H,1-4H3,(H3,16,18,21). The number of nitrogens with two attached hydrogens (primary N) is 1. The number of nitrogens with zero attached hydrogens (tertiary/aromatic N) is 2. The molecular formula is C15H21N5O. The van der Waals surface area contributed by atoms with Crippen LogP contribution in [0.4, 0.5) is 16.2 Å². The first-order valence-electron chi connectivity index (χ1n) is 6.81. The lowest BCUT2D eigenvalue weighted by atomic mass is 10.1. The van der Waals surface area contributed by atoms with Gasteiger partial charge < -0.3 is 16.4 Å². The van der Waals surface area contributed by atoms with Crippen LogP contribution in [-0.4, -0.2) is 15.8 Å². The van der Waals surface area contributed by atoms with E-state index >= 15 is 0 Å². The number of hydrogen-bond donors (Lipinski definition) is 3. The summed E-state index contributed by atoms with van der Waals surface area (Å²) in [7, 11) is 1.93. The lowest BCUT2D eigenvalue weighted by molar-refractivity contribution is 0.259. The Morgan fingerprint density at radius 2 is 1.90 bits per heavy atom. The predicted molar refractivity (Wildman–Crippen MR) is 84.4 cm³/mol. The fourth-order valence-electron chi connectivity index (χ4n) is 2.28. The Morgan fingerprint density at radius 3 is 2.38 bits per heavy atom. The van der Waals surface area contributed by atoms with E-state index in [9.17, 15) is 4.79 Å². The quantitative estimate of drug-likeness (QED) is 0.808. The van der Waals surface area contributed by atoms with Crippen molar-refractivity contribution in [2.45, 2.75) is 26.8 Å². The van der Waals surface area contributed by atoms with Crippen molar-refractivity contribution in [3.05, 3.63) is 41.2 Å². The molecule has 0 saturated carbocycles. The second-order valence-corrected chi connectivity index (χ2v) is 5.15. The zero-order chi connectivity index (χ0) is 15.6. The Balaban J connectivity index is 2.13. The van der Waals surface area contributed by atoms with E-state index in [4.69, 9.17) is 5.73 Å². The fourth-order valence-corrected chi connectivity index (χ4v) is 2.28. The number of urea groups is 1. The van der Waals surface area contributed by atoms with Gasteiger partial charge in [-0.05, 0) is 38.5 Å². The molecule has 2 amide bonds. The maximum Gasteiger partial charge on any atom is 0.316 e. The molecule has 1 atom stereocenters. The van der Waals surface area contributed by atoms with Crippen molar-refractivity contribution in [3.8, 4) is 0 Å². The summed E-state index contributed by atoms with van der Waals surface area (Å²) in [4.78, 5) is 10.8. The van der Waals surface area contributed by atoms with E-state index < -0.39 is 6.03 Å². The summed E-state index contributed by atoms with van der Waals surface area (Å²) in [6, 6.07) is 7.17. The number of carbonyl (C=O) groups is 1. The van der Waals surface area contributed by atoms with Crippen molar-refractivity contribution >= 4 is 17.4 Å². The van der Waals surface area contributed by atoms with E-state index in [-0.39, 0.29) is 6.04 Å². The van der Waals surface area contributed by atoms with Crippen LogP contribution in [0.5, 0.6) is 0 Å².